The molecule has 0 aliphatic rings. The fourth-order valence-corrected chi connectivity index (χ4v) is 2.24. The van der Waals surface area contributed by atoms with Crippen molar-refractivity contribution in [1.82, 2.24) is 9.97 Å². The van der Waals surface area contributed by atoms with E-state index < -0.39 is 0 Å². The van der Waals surface area contributed by atoms with Crippen molar-refractivity contribution in [3.05, 3.63) is 72.3 Å². The van der Waals surface area contributed by atoms with Gasteiger partial charge in [0.25, 0.3) is 0 Å². The van der Waals surface area contributed by atoms with Crippen molar-refractivity contribution in [2.75, 3.05) is 17.7 Å². The number of nitrogens with one attached hydrogen (secondary N) is 2. The third-order valence-corrected chi connectivity index (χ3v) is 3.45. The standard InChI is InChI=1S/C18H17FN4O/c1-24-16-9-5-4-8-15(16)23-18-10-17(21-12-22-18)20-11-13-6-2-3-7-14(13)19/h2-10,12H,11H2,1H3,(H2,20,21,22,23). The van der Waals surface area contributed by atoms with Gasteiger partial charge in [-0.25, -0.2) is 14.4 Å². The van der Waals surface area contributed by atoms with Crippen molar-refractivity contribution in [3.8, 4) is 5.75 Å². The topological polar surface area (TPSA) is 59.1 Å². The van der Waals surface area contributed by atoms with Crippen LogP contribution in [-0.2, 0) is 6.54 Å². The summed E-state index contributed by atoms with van der Waals surface area (Å²) in [5.74, 6) is 1.69. The van der Waals surface area contributed by atoms with Crippen LogP contribution in [0.4, 0.5) is 21.7 Å². The normalized spacial score (nSPS) is 10.2. The molecule has 0 aliphatic heterocycles. The average molecular weight is 324 g/mol. The Morgan fingerprint density at radius 3 is 2.58 bits per heavy atom. The van der Waals surface area contributed by atoms with E-state index in [0.717, 1.165) is 11.4 Å². The van der Waals surface area contributed by atoms with Crippen molar-refractivity contribution in [2.24, 2.45) is 0 Å². The molecule has 24 heavy (non-hydrogen) atoms. The van der Waals surface area contributed by atoms with E-state index in [9.17, 15) is 4.39 Å². The first-order valence-electron chi connectivity index (χ1n) is 7.45. The Hall–Kier alpha value is -3.15. The largest absolute Gasteiger partial charge is 0.495 e. The summed E-state index contributed by atoms with van der Waals surface area (Å²) in [5.41, 5.74) is 1.38. The van der Waals surface area contributed by atoms with Gasteiger partial charge in [-0.05, 0) is 18.2 Å². The maximum absolute atomic E-state index is 13.6. The van der Waals surface area contributed by atoms with E-state index in [1.54, 1.807) is 31.4 Å². The van der Waals surface area contributed by atoms with Crippen LogP contribution in [0.1, 0.15) is 5.56 Å². The summed E-state index contributed by atoms with van der Waals surface area (Å²) in [6.07, 6.45) is 1.45. The molecular formula is C18H17FN4O. The zero-order chi connectivity index (χ0) is 16.8. The number of aromatic nitrogens is 2. The zero-order valence-corrected chi connectivity index (χ0v) is 13.2. The lowest BCUT2D eigenvalue weighted by Gasteiger charge is -2.11. The smallest absolute Gasteiger partial charge is 0.142 e. The van der Waals surface area contributed by atoms with Gasteiger partial charge in [0, 0.05) is 18.2 Å². The van der Waals surface area contributed by atoms with E-state index in [1.165, 1.54) is 12.4 Å². The molecule has 6 heteroatoms. The number of para-hydroxylation sites is 2. The lowest BCUT2D eigenvalue weighted by atomic mass is 10.2. The molecular weight excluding hydrogens is 307 g/mol. The minimum Gasteiger partial charge on any atom is -0.495 e. The van der Waals surface area contributed by atoms with Crippen LogP contribution in [0.25, 0.3) is 0 Å². The molecule has 0 atom stereocenters. The summed E-state index contributed by atoms with van der Waals surface area (Å²) in [7, 11) is 1.61. The Morgan fingerprint density at radius 2 is 1.75 bits per heavy atom. The molecule has 0 aliphatic carbocycles. The lowest BCUT2D eigenvalue weighted by Crippen LogP contribution is -2.04. The van der Waals surface area contributed by atoms with E-state index in [0.29, 0.717) is 23.7 Å². The molecule has 122 valence electrons. The van der Waals surface area contributed by atoms with E-state index in [2.05, 4.69) is 20.6 Å². The number of hydrogen-bond acceptors (Lipinski definition) is 5. The Kier molecular flexibility index (Phi) is 4.86. The van der Waals surface area contributed by atoms with Gasteiger partial charge < -0.3 is 15.4 Å². The van der Waals surface area contributed by atoms with Gasteiger partial charge in [0.05, 0.1) is 12.8 Å². The van der Waals surface area contributed by atoms with Crippen molar-refractivity contribution in [3.63, 3.8) is 0 Å². The van der Waals surface area contributed by atoms with Gasteiger partial charge in [-0.15, -0.1) is 0 Å². The number of methoxy groups -OCH3 is 1. The molecule has 0 spiro atoms. The van der Waals surface area contributed by atoms with Crippen molar-refractivity contribution < 1.29 is 9.13 Å². The highest BCUT2D eigenvalue weighted by atomic mass is 19.1. The number of ether oxygens (including phenoxy) is 1. The molecule has 3 rings (SSSR count). The molecule has 1 heterocycles. The predicted octanol–water partition coefficient (Wildman–Crippen LogP) is 3.98. The second kappa shape index (κ2) is 7.41. The molecule has 0 bridgehead atoms. The summed E-state index contributed by atoms with van der Waals surface area (Å²) in [6.45, 7) is 0.345. The third-order valence-electron chi connectivity index (χ3n) is 3.45. The molecule has 3 aromatic rings. The highest BCUT2D eigenvalue weighted by Gasteiger charge is 2.05. The van der Waals surface area contributed by atoms with Crippen LogP contribution >= 0.6 is 0 Å². The van der Waals surface area contributed by atoms with Crippen molar-refractivity contribution in [2.45, 2.75) is 6.54 Å². The van der Waals surface area contributed by atoms with Gasteiger partial charge in [0.1, 0.15) is 29.5 Å². The van der Waals surface area contributed by atoms with Gasteiger partial charge in [0.15, 0.2) is 0 Å². The number of anilines is 3. The van der Waals surface area contributed by atoms with Gasteiger partial charge >= 0.3 is 0 Å². The maximum atomic E-state index is 13.6. The lowest BCUT2D eigenvalue weighted by molar-refractivity contribution is 0.417. The highest BCUT2D eigenvalue weighted by molar-refractivity contribution is 5.65. The zero-order valence-electron chi connectivity index (χ0n) is 13.2. The van der Waals surface area contributed by atoms with Crippen LogP contribution in [0.15, 0.2) is 60.9 Å². The molecule has 2 aromatic carbocycles. The summed E-state index contributed by atoms with van der Waals surface area (Å²) in [4.78, 5) is 8.34. The molecule has 5 nitrogen and oxygen atoms in total. The molecule has 0 fully saturated rings. The number of nitrogens with zero attached hydrogens (tertiary/aromatic N) is 2. The predicted molar refractivity (Wildman–Crippen MR) is 92.0 cm³/mol. The molecule has 0 saturated heterocycles. The molecule has 0 radical (unpaired) electrons. The molecule has 0 saturated carbocycles. The van der Waals surface area contributed by atoms with Crippen LogP contribution < -0.4 is 15.4 Å². The SMILES string of the molecule is COc1ccccc1Nc1cc(NCc2ccccc2F)ncn1. The quantitative estimate of drug-likeness (QED) is 0.718. The second-order valence-corrected chi connectivity index (χ2v) is 5.06. The van der Waals surface area contributed by atoms with Crippen LogP contribution in [0.5, 0.6) is 5.75 Å². The van der Waals surface area contributed by atoms with E-state index >= 15 is 0 Å². The molecule has 1 aromatic heterocycles. The molecule has 0 amide bonds. The van der Waals surface area contributed by atoms with E-state index in [-0.39, 0.29) is 5.82 Å². The average Bonchev–Trinajstić information content (AvgIpc) is 2.62. The Labute approximate surface area is 139 Å². The number of rotatable bonds is 6. The Balaban J connectivity index is 1.71. The van der Waals surface area contributed by atoms with Crippen molar-refractivity contribution >= 4 is 17.3 Å². The van der Waals surface area contributed by atoms with E-state index in [1.807, 2.05) is 24.3 Å². The summed E-state index contributed by atoms with van der Waals surface area (Å²) in [6, 6.07) is 16.0. The van der Waals surface area contributed by atoms with Gasteiger partial charge in [-0.2, -0.15) is 0 Å². The highest BCUT2D eigenvalue weighted by Crippen LogP contribution is 2.26. The maximum Gasteiger partial charge on any atom is 0.142 e. The number of benzene rings is 2. The Bertz CT molecular complexity index is 825. The minimum absolute atomic E-state index is 0.244. The van der Waals surface area contributed by atoms with Crippen LogP contribution in [0, 0.1) is 5.82 Å². The fourth-order valence-electron chi connectivity index (χ4n) is 2.24. The number of hydrogen-bond donors (Lipinski definition) is 2. The van der Waals surface area contributed by atoms with E-state index in [4.69, 9.17) is 4.74 Å². The fraction of sp³-hybridized carbons (Fsp3) is 0.111. The second-order valence-electron chi connectivity index (χ2n) is 5.06. The molecule has 0 unspecified atom stereocenters. The van der Waals surface area contributed by atoms with Crippen LogP contribution in [0.3, 0.4) is 0 Å². The van der Waals surface area contributed by atoms with Gasteiger partial charge in [0.2, 0.25) is 0 Å². The summed E-state index contributed by atoms with van der Waals surface area (Å²) >= 11 is 0. The van der Waals surface area contributed by atoms with Crippen molar-refractivity contribution in [1.29, 1.82) is 0 Å². The van der Waals surface area contributed by atoms with Crippen LogP contribution in [-0.4, -0.2) is 17.1 Å². The van der Waals surface area contributed by atoms with Gasteiger partial charge in [-0.1, -0.05) is 30.3 Å². The molecule has 2 N–H and O–H groups in total. The summed E-state index contributed by atoms with van der Waals surface area (Å²) in [5, 5.41) is 6.28. The Morgan fingerprint density at radius 1 is 1.00 bits per heavy atom. The minimum atomic E-state index is -0.244. The first-order chi connectivity index (χ1) is 11.8. The number of halogens is 1. The summed E-state index contributed by atoms with van der Waals surface area (Å²) < 4.78 is 18.9. The first-order valence-corrected chi connectivity index (χ1v) is 7.45. The third kappa shape index (κ3) is 3.78. The van der Waals surface area contributed by atoms with Gasteiger partial charge in [-0.3, -0.25) is 0 Å². The monoisotopic (exact) mass is 324 g/mol. The van der Waals surface area contributed by atoms with Crippen LogP contribution in [0.2, 0.25) is 0 Å². The first kappa shape index (κ1) is 15.7.